The molecule has 0 spiro atoms. The summed E-state index contributed by atoms with van der Waals surface area (Å²) in [5.41, 5.74) is 0.877. The van der Waals surface area contributed by atoms with E-state index in [-0.39, 0.29) is 5.91 Å². The van der Waals surface area contributed by atoms with Crippen molar-refractivity contribution in [3.05, 3.63) is 66.2 Å². The molecule has 1 amide bonds. The average Bonchev–Trinajstić information content (AvgIpc) is 2.75. The zero-order chi connectivity index (χ0) is 19.8. The van der Waals surface area contributed by atoms with Crippen LogP contribution in [0.3, 0.4) is 0 Å². The first kappa shape index (κ1) is 19.5. The van der Waals surface area contributed by atoms with Crippen LogP contribution >= 0.6 is 0 Å². The molecule has 1 N–H and O–H groups in total. The number of rotatable bonds is 9. The smallest absolute Gasteiger partial charge is 0.220 e. The van der Waals surface area contributed by atoms with Gasteiger partial charge in [-0.3, -0.25) is 4.79 Å². The van der Waals surface area contributed by atoms with E-state index in [1.165, 1.54) is 0 Å². The minimum Gasteiger partial charge on any atom is -0.497 e. The molecule has 28 heavy (non-hydrogen) atoms. The molecule has 0 fully saturated rings. The highest BCUT2D eigenvalue weighted by Gasteiger charge is 2.08. The van der Waals surface area contributed by atoms with Gasteiger partial charge in [-0.15, -0.1) is 0 Å². The van der Waals surface area contributed by atoms with Crippen molar-refractivity contribution in [2.24, 2.45) is 0 Å². The summed E-state index contributed by atoms with van der Waals surface area (Å²) in [7, 11) is 3.22. The van der Waals surface area contributed by atoms with Crippen LogP contribution in [0, 0.1) is 0 Å². The topological polar surface area (TPSA) is 56.8 Å². The Kier molecular flexibility index (Phi) is 6.73. The van der Waals surface area contributed by atoms with Crippen LogP contribution in [0.5, 0.6) is 17.2 Å². The van der Waals surface area contributed by atoms with Gasteiger partial charge in [0.1, 0.15) is 17.2 Å². The summed E-state index contributed by atoms with van der Waals surface area (Å²) in [6, 6.07) is 19.6. The van der Waals surface area contributed by atoms with Gasteiger partial charge in [-0.2, -0.15) is 0 Å². The minimum absolute atomic E-state index is 0.0219. The molecule has 3 rings (SSSR count). The molecule has 3 aromatic rings. The van der Waals surface area contributed by atoms with Crippen molar-refractivity contribution in [1.82, 2.24) is 5.32 Å². The molecule has 0 saturated carbocycles. The van der Waals surface area contributed by atoms with E-state index in [9.17, 15) is 4.79 Å². The second-order valence-electron chi connectivity index (χ2n) is 6.38. The zero-order valence-electron chi connectivity index (χ0n) is 16.2. The number of amides is 1. The number of carbonyl (C=O) groups excluding carboxylic acids is 1. The SMILES string of the molecule is COc1ccc(OC)c(CNC(=O)CCCOc2cccc3ccccc23)c1. The standard InChI is InChI=1S/C23H25NO4/c1-26-19-12-13-21(27-2)18(15-19)16-24-23(25)11-6-14-28-22-10-5-8-17-7-3-4-9-20(17)22/h3-5,7-10,12-13,15H,6,11,14,16H2,1-2H3,(H,24,25). The second kappa shape index (κ2) is 9.65. The Labute approximate surface area is 165 Å². The summed E-state index contributed by atoms with van der Waals surface area (Å²) in [4.78, 5) is 12.2. The highest BCUT2D eigenvalue weighted by atomic mass is 16.5. The minimum atomic E-state index is -0.0219. The van der Waals surface area contributed by atoms with Gasteiger partial charge in [0.05, 0.1) is 20.8 Å². The van der Waals surface area contributed by atoms with Crippen LogP contribution in [0.15, 0.2) is 60.7 Å². The fourth-order valence-corrected chi connectivity index (χ4v) is 3.04. The number of hydrogen-bond donors (Lipinski definition) is 1. The van der Waals surface area contributed by atoms with Crippen molar-refractivity contribution in [3.8, 4) is 17.2 Å². The molecule has 0 heterocycles. The van der Waals surface area contributed by atoms with Gasteiger partial charge in [0.15, 0.2) is 0 Å². The molecule has 0 bridgehead atoms. The molecule has 5 nitrogen and oxygen atoms in total. The monoisotopic (exact) mass is 379 g/mol. The van der Waals surface area contributed by atoms with E-state index < -0.39 is 0 Å². The fourth-order valence-electron chi connectivity index (χ4n) is 3.04. The van der Waals surface area contributed by atoms with Crippen LogP contribution in [-0.2, 0) is 11.3 Å². The van der Waals surface area contributed by atoms with Gasteiger partial charge in [0, 0.05) is 23.9 Å². The van der Waals surface area contributed by atoms with Crippen LogP contribution < -0.4 is 19.5 Å². The fraction of sp³-hybridized carbons (Fsp3) is 0.261. The van der Waals surface area contributed by atoms with Crippen molar-refractivity contribution in [2.75, 3.05) is 20.8 Å². The third-order valence-corrected chi connectivity index (χ3v) is 4.52. The van der Waals surface area contributed by atoms with E-state index in [0.29, 0.717) is 26.0 Å². The van der Waals surface area contributed by atoms with Crippen LogP contribution in [0.2, 0.25) is 0 Å². The summed E-state index contributed by atoms with van der Waals surface area (Å²) in [5, 5.41) is 5.15. The Balaban J connectivity index is 1.46. The third-order valence-electron chi connectivity index (χ3n) is 4.52. The Morgan fingerprint density at radius 2 is 1.75 bits per heavy atom. The van der Waals surface area contributed by atoms with Gasteiger partial charge in [-0.05, 0) is 36.1 Å². The van der Waals surface area contributed by atoms with E-state index in [1.807, 2.05) is 48.5 Å². The summed E-state index contributed by atoms with van der Waals surface area (Å²) in [6.45, 7) is 0.882. The van der Waals surface area contributed by atoms with E-state index in [2.05, 4.69) is 17.4 Å². The lowest BCUT2D eigenvalue weighted by Gasteiger charge is -2.12. The number of carbonyl (C=O) groups is 1. The molecular formula is C23H25NO4. The molecule has 0 aliphatic rings. The predicted octanol–water partition coefficient (Wildman–Crippen LogP) is 4.33. The van der Waals surface area contributed by atoms with Gasteiger partial charge >= 0.3 is 0 Å². The Bertz CT molecular complexity index is 934. The molecular weight excluding hydrogens is 354 g/mol. The van der Waals surface area contributed by atoms with Crippen molar-refractivity contribution in [2.45, 2.75) is 19.4 Å². The highest BCUT2D eigenvalue weighted by Crippen LogP contribution is 2.25. The second-order valence-corrected chi connectivity index (χ2v) is 6.38. The summed E-state index contributed by atoms with van der Waals surface area (Å²) in [6.07, 6.45) is 1.04. The molecule has 0 radical (unpaired) electrons. The number of hydrogen-bond acceptors (Lipinski definition) is 4. The van der Waals surface area contributed by atoms with Crippen molar-refractivity contribution < 1.29 is 19.0 Å². The van der Waals surface area contributed by atoms with E-state index in [1.54, 1.807) is 14.2 Å². The maximum atomic E-state index is 12.2. The number of methoxy groups -OCH3 is 2. The summed E-state index contributed by atoms with van der Waals surface area (Å²) in [5.74, 6) is 2.28. The van der Waals surface area contributed by atoms with Crippen molar-refractivity contribution in [3.63, 3.8) is 0 Å². The van der Waals surface area contributed by atoms with E-state index in [0.717, 1.165) is 33.6 Å². The molecule has 0 aliphatic heterocycles. The summed E-state index contributed by atoms with van der Waals surface area (Å²) >= 11 is 0. The Hall–Kier alpha value is -3.21. The van der Waals surface area contributed by atoms with Crippen LogP contribution in [-0.4, -0.2) is 26.7 Å². The molecule has 5 heteroatoms. The molecule has 0 aromatic heterocycles. The average molecular weight is 379 g/mol. The number of fused-ring (bicyclic) bond motifs is 1. The first-order valence-electron chi connectivity index (χ1n) is 9.29. The molecule has 0 saturated heterocycles. The molecule has 0 unspecified atom stereocenters. The van der Waals surface area contributed by atoms with Crippen LogP contribution in [0.4, 0.5) is 0 Å². The third kappa shape index (κ3) is 4.94. The quantitative estimate of drug-likeness (QED) is 0.562. The Morgan fingerprint density at radius 1 is 0.929 bits per heavy atom. The van der Waals surface area contributed by atoms with Gasteiger partial charge < -0.3 is 19.5 Å². The van der Waals surface area contributed by atoms with E-state index in [4.69, 9.17) is 14.2 Å². The first-order chi connectivity index (χ1) is 13.7. The number of ether oxygens (including phenoxy) is 3. The Morgan fingerprint density at radius 3 is 2.57 bits per heavy atom. The van der Waals surface area contributed by atoms with Crippen molar-refractivity contribution in [1.29, 1.82) is 0 Å². The van der Waals surface area contributed by atoms with Gasteiger partial charge in [0.2, 0.25) is 5.91 Å². The van der Waals surface area contributed by atoms with E-state index >= 15 is 0 Å². The molecule has 3 aromatic carbocycles. The first-order valence-corrected chi connectivity index (χ1v) is 9.29. The lowest BCUT2D eigenvalue weighted by molar-refractivity contribution is -0.121. The maximum Gasteiger partial charge on any atom is 0.220 e. The van der Waals surface area contributed by atoms with Gasteiger partial charge in [-0.1, -0.05) is 36.4 Å². The number of benzene rings is 3. The van der Waals surface area contributed by atoms with Crippen LogP contribution in [0.1, 0.15) is 18.4 Å². The van der Waals surface area contributed by atoms with Crippen LogP contribution in [0.25, 0.3) is 10.8 Å². The van der Waals surface area contributed by atoms with Gasteiger partial charge in [-0.25, -0.2) is 0 Å². The summed E-state index contributed by atoms with van der Waals surface area (Å²) < 4.78 is 16.4. The normalized spacial score (nSPS) is 10.5. The molecule has 0 atom stereocenters. The lowest BCUT2D eigenvalue weighted by atomic mass is 10.1. The number of nitrogens with one attached hydrogen (secondary N) is 1. The van der Waals surface area contributed by atoms with Crippen molar-refractivity contribution >= 4 is 16.7 Å². The zero-order valence-corrected chi connectivity index (χ0v) is 16.2. The molecule has 146 valence electrons. The highest BCUT2D eigenvalue weighted by molar-refractivity contribution is 5.88. The maximum absolute atomic E-state index is 12.2. The molecule has 0 aliphatic carbocycles. The van der Waals surface area contributed by atoms with Gasteiger partial charge in [0.25, 0.3) is 0 Å². The largest absolute Gasteiger partial charge is 0.497 e. The lowest BCUT2D eigenvalue weighted by Crippen LogP contribution is -2.23. The predicted molar refractivity (Wildman–Crippen MR) is 110 cm³/mol.